The Morgan fingerprint density at radius 1 is 0.929 bits per heavy atom. The van der Waals surface area contributed by atoms with E-state index in [1.807, 2.05) is 0 Å². The predicted octanol–water partition coefficient (Wildman–Crippen LogP) is 0.913. The molecule has 0 rings (SSSR count). The first-order valence-electron chi connectivity index (χ1n) is 4.35. The summed E-state index contributed by atoms with van der Waals surface area (Å²) in [5.74, 6) is 0. The second-order valence-electron chi connectivity index (χ2n) is 2.70. The molecule has 14 heavy (non-hydrogen) atoms. The van der Waals surface area contributed by atoms with Gasteiger partial charge < -0.3 is 9.47 Å². The van der Waals surface area contributed by atoms with Crippen molar-refractivity contribution >= 4 is 0 Å². The number of hydrogen-bond acceptors (Lipinski definition) is 5. The second-order valence-corrected chi connectivity index (χ2v) is 2.70. The molecule has 0 aromatic rings. The second kappa shape index (κ2) is 7.10. The summed E-state index contributed by atoms with van der Waals surface area (Å²) >= 11 is 0. The standard InChI is InChI=1S/C8H18NO5/c1-6(10)9(13-7(2)11-4)14-8(3)12-5/h6-8H,1-5H3. The van der Waals surface area contributed by atoms with Gasteiger partial charge in [-0.15, -0.1) is 0 Å². The maximum Gasteiger partial charge on any atom is 0.192 e. The summed E-state index contributed by atoms with van der Waals surface area (Å²) in [7, 11) is 2.94. The molecule has 0 aliphatic carbocycles. The minimum atomic E-state index is -1.16. The average Bonchev–Trinajstić information content (AvgIpc) is 2.16. The van der Waals surface area contributed by atoms with E-state index in [4.69, 9.17) is 19.1 Å². The van der Waals surface area contributed by atoms with Crippen molar-refractivity contribution in [1.82, 2.24) is 5.23 Å². The Hall–Kier alpha value is -0.240. The smallest absolute Gasteiger partial charge is 0.192 e. The molecule has 0 spiro atoms. The Morgan fingerprint density at radius 3 is 1.50 bits per heavy atom. The van der Waals surface area contributed by atoms with Crippen LogP contribution in [0.4, 0.5) is 0 Å². The van der Waals surface area contributed by atoms with Crippen LogP contribution >= 0.6 is 0 Å². The van der Waals surface area contributed by atoms with Crippen LogP contribution in [-0.4, -0.2) is 38.3 Å². The van der Waals surface area contributed by atoms with Gasteiger partial charge in [-0.1, -0.05) is 0 Å². The molecule has 6 nitrogen and oxygen atoms in total. The molecule has 0 aliphatic rings. The number of methoxy groups -OCH3 is 2. The first-order chi connectivity index (χ1) is 6.51. The Balaban J connectivity index is 4.02. The zero-order valence-corrected chi connectivity index (χ0v) is 9.22. The predicted molar refractivity (Wildman–Crippen MR) is 47.1 cm³/mol. The maximum absolute atomic E-state index is 11.1. The fourth-order valence-corrected chi connectivity index (χ4v) is 0.575. The van der Waals surface area contributed by atoms with Crippen LogP contribution in [0.25, 0.3) is 0 Å². The lowest BCUT2D eigenvalue weighted by Gasteiger charge is -2.26. The maximum atomic E-state index is 11.1. The van der Waals surface area contributed by atoms with E-state index in [0.717, 1.165) is 5.23 Å². The zero-order valence-electron chi connectivity index (χ0n) is 9.22. The van der Waals surface area contributed by atoms with Crippen molar-refractivity contribution in [3.63, 3.8) is 0 Å². The number of hydrogen-bond donors (Lipinski definition) is 0. The van der Waals surface area contributed by atoms with Crippen molar-refractivity contribution in [3.05, 3.63) is 0 Å². The van der Waals surface area contributed by atoms with Gasteiger partial charge in [0.2, 0.25) is 0 Å². The van der Waals surface area contributed by atoms with Gasteiger partial charge in [-0.2, -0.15) is 0 Å². The SMILES string of the molecule is COC(C)ON(OC(C)OC)C(C)[O]. The van der Waals surface area contributed by atoms with Gasteiger partial charge in [0, 0.05) is 14.2 Å². The third kappa shape index (κ3) is 5.48. The van der Waals surface area contributed by atoms with E-state index in [2.05, 4.69) is 0 Å². The number of hydroxylamine groups is 2. The quantitative estimate of drug-likeness (QED) is 0.459. The minimum Gasteiger partial charge on any atom is -0.354 e. The Morgan fingerprint density at radius 2 is 1.29 bits per heavy atom. The lowest BCUT2D eigenvalue weighted by Crippen LogP contribution is -2.38. The van der Waals surface area contributed by atoms with Crippen molar-refractivity contribution in [2.75, 3.05) is 14.2 Å². The van der Waals surface area contributed by atoms with E-state index < -0.39 is 18.8 Å². The van der Waals surface area contributed by atoms with E-state index in [9.17, 15) is 5.11 Å². The molecule has 0 saturated heterocycles. The number of nitrogens with zero attached hydrogens (tertiary/aromatic N) is 1. The lowest BCUT2D eigenvalue weighted by molar-refractivity contribution is -0.484. The fourth-order valence-electron chi connectivity index (χ4n) is 0.575. The summed E-state index contributed by atoms with van der Waals surface area (Å²) in [6.07, 6.45) is -2.25. The molecule has 85 valence electrons. The zero-order chi connectivity index (χ0) is 11.1. The molecule has 0 aromatic carbocycles. The molecule has 0 amide bonds. The summed E-state index contributed by atoms with van der Waals surface area (Å²) in [6, 6.07) is 0. The summed E-state index contributed by atoms with van der Waals surface area (Å²) in [4.78, 5) is 10.1. The largest absolute Gasteiger partial charge is 0.354 e. The Kier molecular flexibility index (Phi) is 6.98. The van der Waals surface area contributed by atoms with Gasteiger partial charge in [0.05, 0.1) is 0 Å². The molecule has 0 aliphatic heterocycles. The van der Waals surface area contributed by atoms with Crippen LogP contribution in [0.1, 0.15) is 20.8 Å². The summed E-state index contributed by atoms with van der Waals surface area (Å²) in [5, 5.41) is 11.9. The first kappa shape index (κ1) is 13.8. The first-order valence-corrected chi connectivity index (χ1v) is 4.35. The molecule has 0 bridgehead atoms. The van der Waals surface area contributed by atoms with E-state index in [0.29, 0.717) is 0 Å². The molecule has 0 fully saturated rings. The third-order valence-corrected chi connectivity index (χ3v) is 1.47. The average molecular weight is 208 g/mol. The Bertz CT molecular complexity index is 132. The molecule has 6 heteroatoms. The summed E-state index contributed by atoms with van der Waals surface area (Å²) < 4.78 is 9.64. The normalized spacial score (nSPS) is 18.2. The van der Waals surface area contributed by atoms with Gasteiger partial charge in [0.15, 0.2) is 18.8 Å². The molecule has 0 aromatic heterocycles. The molecule has 3 unspecified atom stereocenters. The topological polar surface area (TPSA) is 60.1 Å². The van der Waals surface area contributed by atoms with E-state index in [-0.39, 0.29) is 0 Å². The van der Waals surface area contributed by atoms with E-state index >= 15 is 0 Å². The van der Waals surface area contributed by atoms with Gasteiger partial charge in [0.1, 0.15) is 0 Å². The van der Waals surface area contributed by atoms with Crippen molar-refractivity contribution in [2.24, 2.45) is 0 Å². The van der Waals surface area contributed by atoms with Crippen LogP contribution in [0.3, 0.4) is 0 Å². The molecule has 3 atom stereocenters. The highest BCUT2D eigenvalue weighted by atomic mass is 17.0. The van der Waals surface area contributed by atoms with Crippen LogP contribution in [0.5, 0.6) is 0 Å². The van der Waals surface area contributed by atoms with Crippen LogP contribution in [0.15, 0.2) is 0 Å². The van der Waals surface area contributed by atoms with Gasteiger partial charge in [-0.3, -0.25) is 0 Å². The van der Waals surface area contributed by atoms with Crippen molar-refractivity contribution < 1.29 is 24.3 Å². The van der Waals surface area contributed by atoms with Gasteiger partial charge >= 0.3 is 0 Å². The summed E-state index contributed by atoms with van der Waals surface area (Å²) in [6.45, 7) is 4.69. The minimum absolute atomic E-state index is 0.546. The molecule has 0 heterocycles. The van der Waals surface area contributed by atoms with Crippen molar-refractivity contribution in [1.29, 1.82) is 0 Å². The van der Waals surface area contributed by atoms with Gasteiger partial charge in [-0.25, -0.2) is 14.8 Å². The van der Waals surface area contributed by atoms with E-state index in [1.165, 1.54) is 21.1 Å². The van der Waals surface area contributed by atoms with Crippen molar-refractivity contribution in [2.45, 2.75) is 39.6 Å². The highest BCUT2D eigenvalue weighted by Gasteiger charge is 2.20. The van der Waals surface area contributed by atoms with Crippen LogP contribution < -0.4 is 0 Å². The molecular formula is C8H18NO5. The van der Waals surface area contributed by atoms with Crippen LogP contribution in [0.2, 0.25) is 0 Å². The summed E-state index contributed by atoms with van der Waals surface area (Å²) in [5.41, 5.74) is 0. The van der Waals surface area contributed by atoms with E-state index in [1.54, 1.807) is 13.8 Å². The monoisotopic (exact) mass is 208 g/mol. The lowest BCUT2D eigenvalue weighted by atomic mass is 10.7. The fraction of sp³-hybridized carbons (Fsp3) is 1.00. The highest BCUT2D eigenvalue weighted by molar-refractivity contribution is 4.33. The third-order valence-electron chi connectivity index (χ3n) is 1.47. The van der Waals surface area contributed by atoms with Gasteiger partial charge in [0.25, 0.3) is 0 Å². The molecule has 0 N–H and O–H groups in total. The highest BCUT2D eigenvalue weighted by Crippen LogP contribution is 2.07. The Labute approximate surface area is 84.2 Å². The molecule has 0 saturated carbocycles. The van der Waals surface area contributed by atoms with Crippen LogP contribution in [0, 0.1) is 0 Å². The van der Waals surface area contributed by atoms with Gasteiger partial charge in [-0.05, 0) is 26.0 Å². The number of ether oxygens (including phenoxy) is 2. The van der Waals surface area contributed by atoms with Crippen LogP contribution in [-0.2, 0) is 24.3 Å². The number of rotatable bonds is 7. The molecular weight excluding hydrogens is 190 g/mol. The van der Waals surface area contributed by atoms with Crippen molar-refractivity contribution in [3.8, 4) is 0 Å². The molecule has 1 radical (unpaired) electrons.